The van der Waals surface area contributed by atoms with Gasteiger partial charge in [0, 0.05) is 25.3 Å². The highest BCUT2D eigenvalue weighted by Gasteiger charge is 2.46. The zero-order valence-corrected chi connectivity index (χ0v) is 18.9. The van der Waals surface area contributed by atoms with E-state index in [1.807, 2.05) is 0 Å². The fourth-order valence-electron chi connectivity index (χ4n) is 5.59. The fourth-order valence-corrected chi connectivity index (χ4v) is 5.59. The lowest BCUT2D eigenvalue weighted by Gasteiger charge is -2.42. The zero-order chi connectivity index (χ0) is 23.3. The summed E-state index contributed by atoms with van der Waals surface area (Å²) in [5.41, 5.74) is 16.4. The van der Waals surface area contributed by atoms with Gasteiger partial charge < -0.3 is 21.1 Å². The van der Waals surface area contributed by atoms with Gasteiger partial charge in [-0.15, -0.1) is 0 Å². The van der Waals surface area contributed by atoms with Crippen molar-refractivity contribution in [1.29, 1.82) is 0 Å². The number of pyridine rings is 1. The number of rotatable bonds is 2. The third kappa shape index (κ3) is 3.27. The van der Waals surface area contributed by atoms with Crippen molar-refractivity contribution in [3.63, 3.8) is 0 Å². The molecule has 1 aromatic carbocycles. The Balaban J connectivity index is 1.18. The third-order valence-electron chi connectivity index (χ3n) is 7.51. The number of carbonyl (C=O) groups is 1. The predicted molar refractivity (Wildman–Crippen MR) is 129 cm³/mol. The molecule has 3 aromatic rings. The first-order valence-electron chi connectivity index (χ1n) is 11.7. The van der Waals surface area contributed by atoms with E-state index in [0.29, 0.717) is 30.5 Å². The Kier molecular flexibility index (Phi) is 4.88. The number of ether oxygens (including phenoxy) is 1. The lowest BCUT2D eigenvalue weighted by Crippen LogP contribution is -2.44. The van der Waals surface area contributed by atoms with Gasteiger partial charge in [-0.2, -0.15) is 0 Å². The van der Waals surface area contributed by atoms with Gasteiger partial charge in [0.05, 0.1) is 12.7 Å². The number of anilines is 3. The van der Waals surface area contributed by atoms with Crippen LogP contribution in [0.25, 0.3) is 0 Å². The molecule has 0 saturated carbocycles. The minimum absolute atomic E-state index is 0.0629. The molecule has 174 valence electrons. The molecule has 34 heavy (non-hydrogen) atoms. The molecule has 3 aliphatic rings. The molecule has 9 heteroatoms. The fraction of sp³-hybridized carbons (Fsp3) is 0.360. The van der Waals surface area contributed by atoms with Crippen molar-refractivity contribution in [2.75, 3.05) is 41.8 Å². The van der Waals surface area contributed by atoms with Crippen LogP contribution in [0, 0.1) is 5.41 Å². The van der Waals surface area contributed by atoms with E-state index in [4.69, 9.17) is 16.2 Å². The van der Waals surface area contributed by atoms with Crippen LogP contribution in [0.3, 0.4) is 0 Å². The van der Waals surface area contributed by atoms with Crippen molar-refractivity contribution in [2.24, 2.45) is 11.1 Å². The van der Waals surface area contributed by atoms with E-state index in [-0.39, 0.29) is 28.9 Å². The highest BCUT2D eigenvalue weighted by Crippen LogP contribution is 2.50. The second kappa shape index (κ2) is 7.95. The van der Waals surface area contributed by atoms with Crippen LogP contribution in [0.4, 0.5) is 17.3 Å². The lowest BCUT2D eigenvalue weighted by molar-refractivity contribution is 0.0971. The highest BCUT2D eigenvalue weighted by atomic mass is 16.5. The largest absolute Gasteiger partial charge is 0.474 e. The molecule has 4 heterocycles. The van der Waals surface area contributed by atoms with Crippen molar-refractivity contribution in [1.82, 2.24) is 15.0 Å². The number of carbonyl (C=O) groups excluding carboxylic acids is 1. The maximum atomic E-state index is 13.2. The van der Waals surface area contributed by atoms with Crippen LogP contribution in [0.2, 0.25) is 0 Å². The van der Waals surface area contributed by atoms with Gasteiger partial charge in [-0.1, -0.05) is 24.3 Å². The topological polar surface area (TPSA) is 123 Å². The Morgan fingerprint density at radius 2 is 1.91 bits per heavy atom. The van der Waals surface area contributed by atoms with Crippen molar-refractivity contribution in [3.8, 4) is 5.88 Å². The second-order valence-corrected chi connectivity index (χ2v) is 9.30. The number of hydrogen-bond acceptors (Lipinski definition) is 8. The Morgan fingerprint density at radius 1 is 1.09 bits per heavy atom. The maximum Gasteiger partial charge on any atom is 0.280 e. The molecule has 1 fully saturated rings. The first-order chi connectivity index (χ1) is 16.6. The smallest absolute Gasteiger partial charge is 0.280 e. The van der Waals surface area contributed by atoms with Gasteiger partial charge in [-0.25, -0.2) is 15.0 Å². The number of nitrogens with zero attached hydrogens (tertiary/aromatic N) is 5. The van der Waals surface area contributed by atoms with Crippen LogP contribution < -0.4 is 26.0 Å². The number of aromatic nitrogens is 3. The molecule has 1 aliphatic carbocycles. The lowest BCUT2D eigenvalue weighted by atomic mass is 9.73. The van der Waals surface area contributed by atoms with Crippen LogP contribution in [-0.2, 0) is 6.42 Å². The molecule has 1 amide bonds. The van der Waals surface area contributed by atoms with Crippen molar-refractivity contribution >= 4 is 23.2 Å². The molecule has 2 aromatic heterocycles. The molecule has 1 saturated heterocycles. The van der Waals surface area contributed by atoms with Crippen molar-refractivity contribution < 1.29 is 9.53 Å². The number of fused-ring (bicyclic) bond motifs is 2. The van der Waals surface area contributed by atoms with Gasteiger partial charge in [0.15, 0.2) is 11.5 Å². The first kappa shape index (κ1) is 20.9. The Morgan fingerprint density at radius 3 is 2.71 bits per heavy atom. The summed E-state index contributed by atoms with van der Waals surface area (Å²) in [6, 6.07) is 12.1. The molecule has 6 rings (SSSR count). The van der Waals surface area contributed by atoms with Crippen molar-refractivity contribution in [2.45, 2.75) is 25.3 Å². The summed E-state index contributed by atoms with van der Waals surface area (Å²) in [7, 11) is 0. The van der Waals surface area contributed by atoms with Crippen LogP contribution >= 0.6 is 0 Å². The average Bonchev–Trinajstić information content (AvgIpc) is 3.14. The Bertz CT molecular complexity index is 1260. The summed E-state index contributed by atoms with van der Waals surface area (Å²) in [5.74, 6) is 0.947. The van der Waals surface area contributed by atoms with E-state index in [2.05, 4.69) is 44.1 Å². The van der Waals surface area contributed by atoms with Gasteiger partial charge in [-0.3, -0.25) is 9.69 Å². The van der Waals surface area contributed by atoms with Crippen LogP contribution in [0.15, 0.2) is 48.8 Å². The van der Waals surface area contributed by atoms with Crippen molar-refractivity contribution in [3.05, 3.63) is 65.6 Å². The van der Waals surface area contributed by atoms with Gasteiger partial charge >= 0.3 is 0 Å². The van der Waals surface area contributed by atoms with E-state index in [0.717, 1.165) is 32.4 Å². The molecule has 0 radical (unpaired) electrons. The quantitative estimate of drug-likeness (QED) is 0.601. The van der Waals surface area contributed by atoms with Crippen LogP contribution in [-0.4, -0.2) is 47.1 Å². The molecule has 1 unspecified atom stereocenters. The Labute approximate surface area is 197 Å². The number of piperidine rings is 1. The van der Waals surface area contributed by atoms with Crippen LogP contribution in [0.5, 0.6) is 5.88 Å². The minimum atomic E-state index is -0.304. The SMILES string of the molecule is Nc1nc(N2CCC3(CC2)Cc2ccccc2C3N)cnc1C(=O)N1CCOc2ncccc21. The molecule has 0 bridgehead atoms. The molecular weight excluding hydrogens is 430 g/mol. The standard InChI is InChI=1S/C25H27N7O2/c26-21-17-5-2-1-4-16(17)14-25(21)7-10-31(11-8-25)19-15-29-20(22(27)30-19)24(33)32-12-13-34-23-18(32)6-3-9-28-23/h1-6,9,15,21H,7-8,10-14,26H2,(H2,27,30). The number of amides is 1. The summed E-state index contributed by atoms with van der Waals surface area (Å²) < 4.78 is 5.55. The Hall–Kier alpha value is -3.72. The maximum absolute atomic E-state index is 13.2. The number of nitrogen functional groups attached to an aromatic ring is 1. The second-order valence-electron chi connectivity index (χ2n) is 9.30. The predicted octanol–water partition coefficient (Wildman–Crippen LogP) is 2.34. The summed E-state index contributed by atoms with van der Waals surface area (Å²) in [4.78, 5) is 30.2. The summed E-state index contributed by atoms with van der Waals surface area (Å²) >= 11 is 0. The van der Waals surface area contributed by atoms with Gasteiger partial charge in [0.2, 0.25) is 5.88 Å². The molecular formula is C25H27N7O2. The third-order valence-corrected chi connectivity index (χ3v) is 7.51. The first-order valence-corrected chi connectivity index (χ1v) is 11.7. The molecule has 4 N–H and O–H groups in total. The summed E-state index contributed by atoms with van der Waals surface area (Å²) in [6.45, 7) is 2.41. The number of nitrogens with two attached hydrogens (primary N) is 2. The minimum Gasteiger partial charge on any atom is -0.474 e. The number of benzene rings is 1. The number of hydrogen-bond donors (Lipinski definition) is 2. The van der Waals surface area contributed by atoms with Crippen LogP contribution in [0.1, 0.15) is 40.5 Å². The summed E-state index contributed by atoms with van der Waals surface area (Å²) in [6.07, 6.45) is 6.26. The zero-order valence-electron chi connectivity index (χ0n) is 18.9. The molecule has 1 atom stereocenters. The normalized spacial score (nSPS) is 20.6. The van der Waals surface area contributed by atoms with E-state index in [1.54, 1.807) is 29.4 Å². The summed E-state index contributed by atoms with van der Waals surface area (Å²) in [5, 5.41) is 0. The van der Waals surface area contributed by atoms with Gasteiger partial charge in [0.25, 0.3) is 5.91 Å². The van der Waals surface area contributed by atoms with Gasteiger partial charge in [-0.05, 0) is 47.9 Å². The monoisotopic (exact) mass is 457 g/mol. The average molecular weight is 458 g/mol. The molecule has 2 aliphatic heterocycles. The van der Waals surface area contributed by atoms with E-state index < -0.39 is 0 Å². The highest BCUT2D eigenvalue weighted by molar-refractivity contribution is 6.08. The van der Waals surface area contributed by atoms with E-state index >= 15 is 0 Å². The van der Waals surface area contributed by atoms with E-state index in [9.17, 15) is 4.79 Å². The van der Waals surface area contributed by atoms with E-state index in [1.165, 1.54) is 11.1 Å². The molecule has 9 nitrogen and oxygen atoms in total. The molecule has 1 spiro atoms. The van der Waals surface area contributed by atoms with Gasteiger partial charge in [0.1, 0.15) is 18.1 Å².